The Morgan fingerprint density at radius 3 is 2.06 bits per heavy atom. The molecule has 2 aliphatic heterocycles. The van der Waals surface area contributed by atoms with Crippen molar-refractivity contribution in [2.24, 2.45) is 29.6 Å². The normalized spacial score (nSPS) is 28.7. The van der Waals surface area contributed by atoms with E-state index in [0.717, 1.165) is 25.0 Å². The predicted molar refractivity (Wildman–Crippen MR) is 130 cm³/mol. The van der Waals surface area contributed by atoms with Crippen molar-refractivity contribution in [1.29, 1.82) is 0 Å². The van der Waals surface area contributed by atoms with Crippen LogP contribution in [0.1, 0.15) is 32.6 Å². The molecule has 8 nitrogen and oxygen atoms in total. The van der Waals surface area contributed by atoms with Gasteiger partial charge in [0, 0.05) is 18.7 Å². The molecule has 0 spiro atoms. The summed E-state index contributed by atoms with van der Waals surface area (Å²) < 4.78 is 11.0. The third kappa shape index (κ3) is 3.67. The molecular formula is C28H28N2O6. The zero-order valence-electron chi connectivity index (χ0n) is 20.1. The molecule has 0 aromatic heterocycles. The number of esters is 1. The van der Waals surface area contributed by atoms with Crippen molar-refractivity contribution in [2.45, 2.75) is 32.6 Å². The maximum atomic E-state index is 13.0. The quantitative estimate of drug-likeness (QED) is 0.351. The highest BCUT2D eigenvalue weighted by atomic mass is 16.5. The second-order valence-corrected chi connectivity index (χ2v) is 10.1. The van der Waals surface area contributed by atoms with Crippen LogP contribution >= 0.6 is 0 Å². The number of ether oxygens (including phenoxy) is 2. The van der Waals surface area contributed by atoms with E-state index in [2.05, 4.69) is 0 Å². The van der Waals surface area contributed by atoms with Gasteiger partial charge in [0.05, 0.1) is 30.0 Å². The summed E-state index contributed by atoms with van der Waals surface area (Å²) in [5.74, 6) is -0.0434. The molecule has 2 aliphatic carbocycles. The Kier molecular flexibility index (Phi) is 5.54. The molecule has 6 rings (SSSR count). The van der Waals surface area contributed by atoms with Crippen LogP contribution < -0.4 is 19.3 Å². The number of rotatable bonds is 6. The number of carbonyl (C=O) groups is 4. The number of anilines is 2. The fourth-order valence-corrected chi connectivity index (χ4v) is 6.53. The van der Waals surface area contributed by atoms with Crippen molar-refractivity contribution in [3.63, 3.8) is 0 Å². The molecule has 8 heteroatoms. The van der Waals surface area contributed by atoms with Gasteiger partial charge in [0.2, 0.25) is 17.7 Å². The average Bonchev–Trinajstić information content (AvgIpc) is 3.64. The molecule has 2 bridgehead atoms. The smallest absolute Gasteiger partial charge is 0.316 e. The summed E-state index contributed by atoms with van der Waals surface area (Å²) in [7, 11) is 0. The lowest BCUT2D eigenvalue weighted by Gasteiger charge is -2.19. The van der Waals surface area contributed by atoms with Crippen LogP contribution in [0.25, 0.3) is 0 Å². The van der Waals surface area contributed by atoms with Gasteiger partial charge in [0.25, 0.3) is 0 Å². The molecule has 4 aliphatic rings. The number of amides is 3. The van der Waals surface area contributed by atoms with E-state index in [4.69, 9.17) is 9.47 Å². The fraction of sp³-hybridized carbons (Fsp3) is 0.429. The van der Waals surface area contributed by atoms with E-state index in [9.17, 15) is 19.2 Å². The van der Waals surface area contributed by atoms with E-state index in [-0.39, 0.29) is 42.5 Å². The van der Waals surface area contributed by atoms with Crippen molar-refractivity contribution in [2.75, 3.05) is 23.0 Å². The molecule has 2 aromatic carbocycles. The Bertz CT molecular complexity index is 1200. The number of benzene rings is 2. The Morgan fingerprint density at radius 2 is 1.44 bits per heavy atom. The van der Waals surface area contributed by atoms with Crippen molar-refractivity contribution in [3.05, 3.63) is 48.5 Å². The third-order valence-corrected chi connectivity index (χ3v) is 8.16. The monoisotopic (exact) mass is 488 g/mol. The second-order valence-electron chi connectivity index (χ2n) is 10.1. The van der Waals surface area contributed by atoms with Gasteiger partial charge < -0.3 is 14.4 Å². The van der Waals surface area contributed by atoms with Crippen molar-refractivity contribution in [3.8, 4) is 11.5 Å². The molecule has 0 N–H and O–H groups in total. The number of hydrogen-bond donors (Lipinski definition) is 0. The van der Waals surface area contributed by atoms with Crippen LogP contribution in [0.15, 0.2) is 48.5 Å². The minimum absolute atomic E-state index is 0.0754. The largest absolute Gasteiger partial charge is 0.494 e. The summed E-state index contributed by atoms with van der Waals surface area (Å²) >= 11 is 0. The highest BCUT2D eigenvalue weighted by Crippen LogP contribution is 2.56. The third-order valence-electron chi connectivity index (χ3n) is 8.16. The number of fused-ring (bicyclic) bond motifs is 5. The van der Waals surface area contributed by atoms with Crippen LogP contribution in [-0.4, -0.2) is 36.8 Å². The zero-order valence-corrected chi connectivity index (χ0v) is 20.1. The van der Waals surface area contributed by atoms with Gasteiger partial charge in [0.1, 0.15) is 11.5 Å². The van der Waals surface area contributed by atoms with Crippen LogP contribution in [0.5, 0.6) is 11.5 Å². The Morgan fingerprint density at radius 1 is 0.861 bits per heavy atom. The van der Waals surface area contributed by atoms with Gasteiger partial charge in [-0.1, -0.05) is 0 Å². The molecule has 2 heterocycles. The maximum absolute atomic E-state index is 13.0. The average molecular weight is 489 g/mol. The fourth-order valence-electron chi connectivity index (χ4n) is 6.53. The summed E-state index contributed by atoms with van der Waals surface area (Å²) in [5.41, 5.74) is 1.22. The highest BCUT2D eigenvalue weighted by Gasteiger charge is 2.61. The summed E-state index contributed by atoms with van der Waals surface area (Å²) in [4.78, 5) is 54.3. The minimum atomic E-state index is -0.583. The molecule has 2 aromatic rings. The molecule has 0 unspecified atom stereocenters. The van der Waals surface area contributed by atoms with Gasteiger partial charge in [-0.25, -0.2) is 0 Å². The van der Waals surface area contributed by atoms with E-state index in [0.29, 0.717) is 35.6 Å². The predicted octanol–water partition coefficient (Wildman–Crippen LogP) is 3.58. The van der Waals surface area contributed by atoms with Gasteiger partial charge in [0.15, 0.2) is 0 Å². The van der Waals surface area contributed by atoms with Crippen molar-refractivity contribution >= 4 is 35.1 Å². The van der Waals surface area contributed by atoms with E-state index >= 15 is 0 Å². The summed E-state index contributed by atoms with van der Waals surface area (Å²) in [5, 5.41) is 0. The van der Waals surface area contributed by atoms with E-state index in [1.54, 1.807) is 53.4 Å². The lowest BCUT2D eigenvalue weighted by atomic mass is 9.81. The van der Waals surface area contributed by atoms with Gasteiger partial charge in [-0.3, -0.25) is 24.1 Å². The Balaban J connectivity index is 1.10. The van der Waals surface area contributed by atoms with Crippen LogP contribution in [0, 0.1) is 29.6 Å². The van der Waals surface area contributed by atoms with Gasteiger partial charge in [-0.2, -0.15) is 0 Å². The van der Waals surface area contributed by atoms with Crippen molar-refractivity contribution in [1.82, 2.24) is 0 Å². The first-order chi connectivity index (χ1) is 17.4. The first-order valence-corrected chi connectivity index (χ1v) is 12.7. The molecule has 3 amide bonds. The first kappa shape index (κ1) is 22.8. The standard InChI is InChI=1S/C28H28N2O6/c1-2-35-21-9-5-19(6-10-21)29-15-18(14-23(29)31)28(34)36-22-11-7-20(8-12-22)30-26(32)24-16-3-4-17(13-16)25(24)27(30)33/h5-12,16-18,24-25H,2-4,13-15H2,1H3/t16-,17+,18-,24-,25+/m0/s1. The molecule has 186 valence electrons. The van der Waals surface area contributed by atoms with E-state index in [1.165, 1.54) is 4.90 Å². The van der Waals surface area contributed by atoms with Crippen LogP contribution in [-0.2, 0) is 19.2 Å². The number of carbonyl (C=O) groups excluding carboxylic acids is 4. The topological polar surface area (TPSA) is 93.2 Å². The minimum Gasteiger partial charge on any atom is -0.494 e. The van der Waals surface area contributed by atoms with E-state index < -0.39 is 11.9 Å². The zero-order chi connectivity index (χ0) is 25.0. The molecule has 5 atom stereocenters. The molecule has 0 radical (unpaired) electrons. The maximum Gasteiger partial charge on any atom is 0.316 e. The Labute approximate surface area is 209 Å². The Hall–Kier alpha value is -3.68. The first-order valence-electron chi connectivity index (χ1n) is 12.7. The summed E-state index contributed by atoms with van der Waals surface area (Å²) in [6.45, 7) is 2.70. The molecule has 36 heavy (non-hydrogen) atoms. The van der Waals surface area contributed by atoms with Gasteiger partial charge >= 0.3 is 5.97 Å². The lowest BCUT2D eigenvalue weighted by molar-refractivity contribution is -0.139. The van der Waals surface area contributed by atoms with Crippen LogP contribution in [0.4, 0.5) is 11.4 Å². The second kappa shape index (κ2) is 8.76. The molecule has 4 fully saturated rings. The molecule has 2 saturated heterocycles. The lowest BCUT2D eigenvalue weighted by Crippen LogP contribution is -2.32. The van der Waals surface area contributed by atoms with Crippen molar-refractivity contribution < 1.29 is 28.7 Å². The summed E-state index contributed by atoms with van der Waals surface area (Å²) in [6, 6.07) is 13.7. The number of hydrogen-bond acceptors (Lipinski definition) is 6. The van der Waals surface area contributed by atoms with Gasteiger partial charge in [-0.15, -0.1) is 0 Å². The van der Waals surface area contributed by atoms with Crippen LogP contribution in [0.2, 0.25) is 0 Å². The van der Waals surface area contributed by atoms with Gasteiger partial charge in [-0.05, 0) is 86.6 Å². The number of imide groups is 1. The number of nitrogens with zero attached hydrogens (tertiary/aromatic N) is 2. The summed E-state index contributed by atoms with van der Waals surface area (Å²) in [6.07, 6.45) is 3.14. The molecule has 2 saturated carbocycles. The highest BCUT2D eigenvalue weighted by molar-refractivity contribution is 6.22. The van der Waals surface area contributed by atoms with E-state index in [1.807, 2.05) is 6.92 Å². The molecular weight excluding hydrogens is 460 g/mol. The van der Waals surface area contributed by atoms with Crippen LogP contribution in [0.3, 0.4) is 0 Å². The SMILES string of the molecule is CCOc1ccc(N2C[C@@H](C(=O)Oc3ccc(N4C(=O)[C@@H]5[C@@H]6CC[C@@H](C6)[C@@H]5C4=O)cc3)CC2=O)cc1.